The predicted octanol–water partition coefficient (Wildman–Crippen LogP) is 0.293. The first-order chi connectivity index (χ1) is 8.63. The van der Waals surface area contributed by atoms with Crippen LogP contribution in [0.5, 0.6) is 0 Å². The van der Waals surface area contributed by atoms with Gasteiger partial charge in [-0.3, -0.25) is 9.69 Å². The van der Waals surface area contributed by atoms with Crippen molar-refractivity contribution in [3.63, 3.8) is 0 Å². The van der Waals surface area contributed by atoms with E-state index in [-0.39, 0.29) is 18.1 Å². The third-order valence-corrected chi connectivity index (χ3v) is 3.52. The minimum Gasteiger partial charge on any atom is -0.465 e. The Morgan fingerprint density at radius 2 is 2.17 bits per heavy atom. The molecule has 2 atom stereocenters. The molecule has 1 heterocycles. The molecule has 2 N–H and O–H groups in total. The van der Waals surface area contributed by atoms with Crippen LogP contribution in [0, 0.1) is 0 Å². The number of rotatable bonds is 6. The van der Waals surface area contributed by atoms with Gasteiger partial charge >= 0.3 is 5.97 Å². The van der Waals surface area contributed by atoms with Crippen LogP contribution in [-0.4, -0.2) is 67.7 Å². The largest absolute Gasteiger partial charge is 0.465 e. The van der Waals surface area contributed by atoms with Gasteiger partial charge in [0.05, 0.1) is 6.61 Å². The topological polar surface area (TPSA) is 58.8 Å². The van der Waals surface area contributed by atoms with Crippen LogP contribution in [0.4, 0.5) is 0 Å². The molecule has 0 aromatic rings. The molecule has 1 saturated heterocycles. The highest BCUT2D eigenvalue weighted by Gasteiger charge is 2.34. The van der Waals surface area contributed by atoms with Crippen molar-refractivity contribution in [2.45, 2.75) is 38.8 Å². The highest BCUT2D eigenvalue weighted by Crippen LogP contribution is 2.16. The molecule has 18 heavy (non-hydrogen) atoms. The molecule has 1 aliphatic rings. The highest BCUT2D eigenvalue weighted by atomic mass is 16.5. The summed E-state index contributed by atoms with van der Waals surface area (Å²) < 4.78 is 5.19. The van der Waals surface area contributed by atoms with Gasteiger partial charge in [0.25, 0.3) is 0 Å². The lowest BCUT2D eigenvalue weighted by Gasteiger charge is -2.42. The molecular formula is C13H27N3O2. The lowest BCUT2D eigenvalue weighted by molar-refractivity contribution is -0.152. The smallest absolute Gasteiger partial charge is 0.323 e. The fraction of sp³-hybridized carbons (Fsp3) is 0.923. The lowest BCUT2D eigenvalue weighted by Crippen LogP contribution is -2.60. The monoisotopic (exact) mass is 257 g/mol. The number of carbonyl (C=O) groups is 1. The van der Waals surface area contributed by atoms with Crippen LogP contribution in [0.2, 0.25) is 0 Å². The van der Waals surface area contributed by atoms with Crippen molar-refractivity contribution in [2.24, 2.45) is 5.73 Å². The number of nitrogens with zero attached hydrogens (tertiary/aromatic N) is 2. The first-order valence-corrected chi connectivity index (χ1v) is 6.95. The fourth-order valence-electron chi connectivity index (χ4n) is 2.58. The summed E-state index contributed by atoms with van der Waals surface area (Å²) in [7, 11) is 2.10. The Balaban J connectivity index is 2.73. The van der Waals surface area contributed by atoms with Crippen molar-refractivity contribution in [2.75, 3.05) is 39.8 Å². The summed E-state index contributed by atoms with van der Waals surface area (Å²) in [5.74, 6) is -0.0950. The number of nitrogens with two attached hydrogens (primary N) is 1. The zero-order valence-electron chi connectivity index (χ0n) is 11.9. The van der Waals surface area contributed by atoms with E-state index in [2.05, 4.69) is 23.8 Å². The van der Waals surface area contributed by atoms with Crippen LogP contribution in [0.3, 0.4) is 0 Å². The number of ether oxygens (including phenoxy) is 1. The summed E-state index contributed by atoms with van der Waals surface area (Å²) in [5.41, 5.74) is 5.84. The van der Waals surface area contributed by atoms with E-state index in [1.807, 2.05) is 6.92 Å². The molecule has 0 amide bonds. The number of piperazine rings is 1. The van der Waals surface area contributed by atoms with Crippen molar-refractivity contribution in [3.8, 4) is 0 Å². The molecule has 0 aromatic carbocycles. The summed E-state index contributed by atoms with van der Waals surface area (Å²) >= 11 is 0. The second-order valence-electron chi connectivity index (χ2n) is 4.95. The van der Waals surface area contributed by atoms with E-state index in [0.29, 0.717) is 13.2 Å². The summed E-state index contributed by atoms with van der Waals surface area (Å²) in [6.45, 7) is 7.78. The Morgan fingerprint density at radius 3 is 2.72 bits per heavy atom. The van der Waals surface area contributed by atoms with Gasteiger partial charge in [-0.2, -0.15) is 0 Å². The van der Waals surface area contributed by atoms with Crippen molar-refractivity contribution < 1.29 is 9.53 Å². The molecule has 5 nitrogen and oxygen atoms in total. The minimum atomic E-state index is -0.128. The van der Waals surface area contributed by atoms with Gasteiger partial charge in [0.1, 0.15) is 6.04 Å². The second-order valence-corrected chi connectivity index (χ2v) is 4.95. The van der Waals surface area contributed by atoms with E-state index in [9.17, 15) is 4.79 Å². The normalized spacial score (nSPS) is 23.9. The molecule has 0 aliphatic carbocycles. The Labute approximate surface area is 110 Å². The molecule has 5 heteroatoms. The Hall–Kier alpha value is -0.650. The Kier molecular flexibility index (Phi) is 6.60. The van der Waals surface area contributed by atoms with E-state index >= 15 is 0 Å². The molecule has 1 aliphatic heterocycles. The van der Waals surface area contributed by atoms with Crippen molar-refractivity contribution >= 4 is 5.97 Å². The summed E-state index contributed by atoms with van der Waals surface area (Å²) in [6.07, 6.45) is 1.83. The van der Waals surface area contributed by atoms with E-state index in [4.69, 9.17) is 10.5 Å². The third-order valence-electron chi connectivity index (χ3n) is 3.52. The van der Waals surface area contributed by atoms with Gasteiger partial charge in [0, 0.05) is 32.2 Å². The maximum atomic E-state index is 12.1. The van der Waals surface area contributed by atoms with Crippen LogP contribution in [0.1, 0.15) is 26.7 Å². The van der Waals surface area contributed by atoms with Crippen molar-refractivity contribution in [1.82, 2.24) is 9.80 Å². The zero-order chi connectivity index (χ0) is 13.5. The highest BCUT2D eigenvalue weighted by molar-refractivity contribution is 5.75. The predicted molar refractivity (Wildman–Crippen MR) is 72.4 cm³/mol. The average molecular weight is 257 g/mol. The molecule has 1 rings (SSSR count). The van der Waals surface area contributed by atoms with Crippen LogP contribution in [0.25, 0.3) is 0 Å². The standard InChI is InChI=1S/C13H27N3O2/c1-4-6-12(13(17)18-5-2)16-8-7-15(3)10-11(16)9-14/h11-12H,4-10,14H2,1-3H3. The third kappa shape index (κ3) is 3.93. The van der Waals surface area contributed by atoms with E-state index in [1.54, 1.807) is 0 Å². The number of carbonyl (C=O) groups excluding carboxylic acids is 1. The first-order valence-electron chi connectivity index (χ1n) is 6.95. The maximum absolute atomic E-state index is 12.1. The molecule has 106 valence electrons. The maximum Gasteiger partial charge on any atom is 0.323 e. The molecule has 1 fully saturated rings. The van der Waals surface area contributed by atoms with Crippen LogP contribution in [0.15, 0.2) is 0 Å². The number of hydrogen-bond acceptors (Lipinski definition) is 5. The Morgan fingerprint density at radius 1 is 1.44 bits per heavy atom. The van der Waals surface area contributed by atoms with Crippen LogP contribution in [-0.2, 0) is 9.53 Å². The number of hydrogen-bond donors (Lipinski definition) is 1. The molecule has 0 bridgehead atoms. The second kappa shape index (κ2) is 7.71. The van der Waals surface area contributed by atoms with Crippen molar-refractivity contribution in [3.05, 3.63) is 0 Å². The number of likely N-dealkylation sites (N-methyl/N-ethyl adjacent to an activating group) is 1. The van der Waals surface area contributed by atoms with Crippen LogP contribution < -0.4 is 5.73 Å². The Bertz CT molecular complexity index is 261. The molecule has 0 saturated carbocycles. The number of esters is 1. The summed E-state index contributed by atoms with van der Waals surface area (Å²) in [5, 5.41) is 0. The molecule has 0 aromatic heterocycles. The summed E-state index contributed by atoms with van der Waals surface area (Å²) in [6, 6.07) is 0.127. The minimum absolute atomic E-state index is 0.0950. The van der Waals surface area contributed by atoms with Crippen molar-refractivity contribution in [1.29, 1.82) is 0 Å². The van der Waals surface area contributed by atoms with Gasteiger partial charge in [-0.25, -0.2) is 0 Å². The lowest BCUT2D eigenvalue weighted by atomic mass is 10.0. The average Bonchev–Trinajstić information content (AvgIpc) is 2.36. The van der Waals surface area contributed by atoms with Gasteiger partial charge in [0.15, 0.2) is 0 Å². The SMILES string of the molecule is CCCC(C(=O)OCC)N1CCN(C)CC1CN. The molecule has 0 spiro atoms. The molecule has 0 radical (unpaired) electrons. The van der Waals surface area contributed by atoms with E-state index in [0.717, 1.165) is 32.5 Å². The van der Waals surface area contributed by atoms with Crippen LogP contribution >= 0.6 is 0 Å². The van der Waals surface area contributed by atoms with Gasteiger partial charge in [-0.1, -0.05) is 13.3 Å². The molecular weight excluding hydrogens is 230 g/mol. The van der Waals surface area contributed by atoms with E-state index < -0.39 is 0 Å². The van der Waals surface area contributed by atoms with Gasteiger partial charge in [0.2, 0.25) is 0 Å². The quantitative estimate of drug-likeness (QED) is 0.693. The van der Waals surface area contributed by atoms with Gasteiger partial charge in [-0.15, -0.1) is 0 Å². The molecule has 2 unspecified atom stereocenters. The van der Waals surface area contributed by atoms with Gasteiger partial charge in [-0.05, 0) is 20.4 Å². The fourth-order valence-corrected chi connectivity index (χ4v) is 2.58. The summed E-state index contributed by atoms with van der Waals surface area (Å²) in [4.78, 5) is 16.6. The van der Waals surface area contributed by atoms with Gasteiger partial charge < -0.3 is 15.4 Å². The zero-order valence-corrected chi connectivity index (χ0v) is 11.9. The van der Waals surface area contributed by atoms with E-state index in [1.165, 1.54) is 0 Å². The first kappa shape index (κ1) is 15.4.